The summed E-state index contributed by atoms with van der Waals surface area (Å²) in [5, 5.41) is 0. The fourth-order valence-electron chi connectivity index (χ4n) is 0. The number of hydrogen-bond donors (Lipinski definition) is 2. The number of rotatable bonds is 0. The van der Waals surface area contributed by atoms with E-state index in [-0.39, 0.29) is 71.5 Å². The monoisotopic (exact) mass is 198 g/mol. The van der Waals surface area contributed by atoms with E-state index in [1.807, 2.05) is 0 Å². The first-order valence-corrected chi connectivity index (χ1v) is 3.19. The first-order chi connectivity index (χ1) is 2.00. The van der Waals surface area contributed by atoms with E-state index in [0.29, 0.717) is 0 Å². The molecule has 0 aromatic heterocycles. The zero-order valence-electron chi connectivity index (χ0n) is 2.53. The zero-order valence-corrected chi connectivity index (χ0v) is 5.05. The normalized spacial score (nSPS) is 7.25. The summed E-state index contributed by atoms with van der Waals surface area (Å²) >= 11 is 2.65. The van der Waals surface area contributed by atoms with E-state index in [1.165, 1.54) is 0 Å². The van der Waals surface area contributed by atoms with Crippen LogP contribution in [0.1, 0.15) is 0 Å². The minimum atomic E-state index is -3.97. The van der Waals surface area contributed by atoms with Gasteiger partial charge >= 0.3 is 68.3 Å². The standard InChI is InChI=1S/ClH.2Na.H2O3S2.2H/c;;;1-5(2,3)4;;/h1H;;;(H2,1,2,3,4);;. The van der Waals surface area contributed by atoms with Crippen molar-refractivity contribution in [1.82, 2.24) is 0 Å². The Morgan fingerprint density at radius 1 is 1.25 bits per heavy atom. The Morgan fingerprint density at radius 2 is 1.25 bits per heavy atom. The Kier molecular flexibility index (Phi) is 26.8. The molecule has 0 spiro atoms. The SMILES string of the molecule is Cl.O=S(=O)(O)S.[NaH].[NaH]. The van der Waals surface area contributed by atoms with E-state index in [1.54, 1.807) is 0 Å². The maximum atomic E-state index is 9.05. The van der Waals surface area contributed by atoms with Crippen LogP contribution < -0.4 is 0 Å². The molecule has 0 saturated carbocycles. The molecule has 0 aliphatic carbocycles. The summed E-state index contributed by atoms with van der Waals surface area (Å²) in [6.07, 6.45) is 0. The summed E-state index contributed by atoms with van der Waals surface area (Å²) in [6, 6.07) is 0. The van der Waals surface area contributed by atoms with Crippen LogP contribution in [0.3, 0.4) is 0 Å². The van der Waals surface area contributed by atoms with E-state index in [9.17, 15) is 0 Å². The van der Waals surface area contributed by atoms with Crippen molar-refractivity contribution in [1.29, 1.82) is 0 Å². The molecule has 0 aliphatic rings. The quantitative estimate of drug-likeness (QED) is 0.224. The van der Waals surface area contributed by atoms with Gasteiger partial charge in [0.15, 0.2) is 0 Å². The van der Waals surface area contributed by atoms with Crippen molar-refractivity contribution < 1.29 is 13.0 Å². The molecule has 0 fully saturated rings. The summed E-state index contributed by atoms with van der Waals surface area (Å²) in [4.78, 5) is 0. The predicted molar refractivity (Wildman–Crippen MR) is 42.1 cm³/mol. The van der Waals surface area contributed by atoms with E-state index in [0.717, 1.165) is 0 Å². The van der Waals surface area contributed by atoms with E-state index < -0.39 is 9.15 Å². The molecular weight excluding hydrogens is 194 g/mol. The second-order valence-corrected chi connectivity index (χ2v) is 2.73. The summed E-state index contributed by atoms with van der Waals surface area (Å²) in [7, 11) is -3.97. The molecule has 0 saturated heterocycles. The van der Waals surface area contributed by atoms with Gasteiger partial charge in [-0.25, -0.2) is 0 Å². The third-order valence-corrected chi connectivity index (χ3v) is 0. The third kappa shape index (κ3) is 75.0. The molecule has 8 heteroatoms. The van der Waals surface area contributed by atoms with Gasteiger partial charge in [0.05, 0.1) is 0 Å². The maximum absolute atomic E-state index is 9.05. The average Bonchev–Trinajstić information content (AvgIpc) is 0.722. The van der Waals surface area contributed by atoms with Crippen molar-refractivity contribution in [3.8, 4) is 0 Å². The molecule has 8 heavy (non-hydrogen) atoms. The molecule has 1 N–H and O–H groups in total. The van der Waals surface area contributed by atoms with Crippen LogP contribution in [-0.4, -0.2) is 72.1 Å². The van der Waals surface area contributed by atoms with Gasteiger partial charge in [0.2, 0.25) is 0 Å². The molecule has 0 radical (unpaired) electrons. The van der Waals surface area contributed by atoms with Crippen molar-refractivity contribution in [3.05, 3.63) is 0 Å². The van der Waals surface area contributed by atoms with Gasteiger partial charge in [-0.15, -0.1) is 12.4 Å². The van der Waals surface area contributed by atoms with Crippen LogP contribution in [0.4, 0.5) is 0 Å². The molecule has 0 bridgehead atoms. The zero-order chi connectivity index (χ0) is 4.50. The van der Waals surface area contributed by atoms with E-state index >= 15 is 0 Å². The van der Waals surface area contributed by atoms with Gasteiger partial charge < -0.3 is 0 Å². The Morgan fingerprint density at radius 3 is 1.25 bits per heavy atom. The number of halogens is 1. The predicted octanol–water partition coefficient (Wildman–Crippen LogP) is -1.16. The van der Waals surface area contributed by atoms with Gasteiger partial charge in [-0.05, 0) is 11.7 Å². The topological polar surface area (TPSA) is 54.4 Å². The Bertz CT molecular complexity index is 98.5. The summed E-state index contributed by atoms with van der Waals surface area (Å²) in [5.74, 6) is 0. The van der Waals surface area contributed by atoms with Crippen molar-refractivity contribution in [2.24, 2.45) is 0 Å². The molecule has 0 aliphatic heterocycles. The number of hydrogen-bond acceptors (Lipinski definition) is 2. The van der Waals surface area contributed by atoms with Crippen LogP contribution in [-0.2, 0) is 9.15 Å². The van der Waals surface area contributed by atoms with Crippen molar-refractivity contribution >= 4 is 92.3 Å². The van der Waals surface area contributed by atoms with Gasteiger partial charge in [0.25, 0.3) is 0 Å². The second-order valence-electron chi connectivity index (χ2n) is 0.448. The Hall–Kier alpha value is 2.55. The van der Waals surface area contributed by atoms with Gasteiger partial charge in [-0.2, -0.15) is 8.42 Å². The summed E-state index contributed by atoms with van der Waals surface area (Å²) < 4.78 is 25.5. The summed E-state index contributed by atoms with van der Waals surface area (Å²) in [5.41, 5.74) is 0. The molecule has 0 aromatic carbocycles. The van der Waals surface area contributed by atoms with Crippen molar-refractivity contribution in [2.75, 3.05) is 0 Å². The molecule has 0 rings (SSSR count). The molecule has 0 unspecified atom stereocenters. The Balaban J connectivity index is -0.0000000267. The molecule has 0 aromatic rings. The average molecular weight is 199 g/mol. The van der Waals surface area contributed by atoms with Crippen LogP contribution in [0.15, 0.2) is 0 Å². The number of thiol groups is 1. The first-order valence-electron chi connectivity index (χ1n) is 0.698. The van der Waals surface area contributed by atoms with Gasteiger partial charge in [0, 0.05) is 0 Å². The molecule has 3 nitrogen and oxygen atoms in total. The van der Waals surface area contributed by atoms with Crippen LogP contribution in [0.2, 0.25) is 0 Å². The molecule has 0 heterocycles. The van der Waals surface area contributed by atoms with Crippen molar-refractivity contribution in [2.45, 2.75) is 0 Å². The van der Waals surface area contributed by atoms with Crippen LogP contribution >= 0.6 is 24.1 Å². The fourth-order valence-corrected chi connectivity index (χ4v) is 0. The van der Waals surface area contributed by atoms with Crippen LogP contribution in [0, 0.1) is 0 Å². The van der Waals surface area contributed by atoms with E-state index in [2.05, 4.69) is 11.7 Å². The van der Waals surface area contributed by atoms with Gasteiger partial charge in [0.1, 0.15) is 0 Å². The summed E-state index contributed by atoms with van der Waals surface area (Å²) in [6.45, 7) is 0. The second kappa shape index (κ2) is 9.55. The van der Waals surface area contributed by atoms with Crippen molar-refractivity contribution in [3.63, 3.8) is 0 Å². The Labute approximate surface area is 104 Å². The van der Waals surface area contributed by atoms with Gasteiger partial charge in [-0.1, -0.05) is 0 Å². The molecule has 0 atom stereocenters. The fraction of sp³-hybridized carbons (Fsp3) is 0. The third-order valence-electron chi connectivity index (χ3n) is 0. The molecule has 0 amide bonds. The van der Waals surface area contributed by atoms with Gasteiger partial charge in [-0.3, -0.25) is 4.55 Å². The molecular formula is H5ClNa2O3S2. The van der Waals surface area contributed by atoms with Crippen LogP contribution in [0.25, 0.3) is 0 Å². The minimum absolute atomic E-state index is 0. The molecule has 44 valence electrons. The first kappa shape index (κ1) is 22.4. The van der Waals surface area contributed by atoms with Crippen LogP contribution in [0.5, 0.6) is 0 Å². The van der Waals surface area contributed by atoms with E-state index in [4.69, 9.17) is 13.0 Å².